The van der Waals surface area contributed by atoms with Crippen molar-refractivity contribution in [1.29, 1.82) is 0 Å². The lowest BCUT2D eigenvalue weighted by molar-refractivity contribution is -0.143. The Morgan fingerprint density at radius 2 is 2.05 bits per heavy atom. The predicted octanol–water partition coefficient (Wildman–Crippen LogP) is 2.90. The Bertz CT molecular complexity index is 669. The van der Waals surface area contributed by atoms with Gasteiger partial charge in [0.1, 0.15) is 11.6 Å². The van der Waals surface area contributed by atoms with Crippen LogP contribution in [0.3, 0.4) is 0 Å². The zero-order valence-corrected chi connectivity index (χ0v) is 12.4. The van der Waals surface area contributed by atoms with Crippen molar-refractivity contribution >= 4 is 17.0 Å². The lowest BCUT2D eigenvalue weighted by Gasteiger charge is -2.26. The number of hydrogen-bond acceptors (Lipinski definition) is 3. The van der Waals surface area contributed by atoms with Crippen LogP contribution in [0.1, 0.15) is 31.5 Å². The SMILES string of the molecule is Cc1nc2cc(O[C@H]3CC[C@@H](C(=O)O)CC3)ccc2n1C. The molecule has 2 aromatic rings. The molecule has 0 bridgehead atoms. The van der Waals surface area contributed by atoms with Crippen molar-refractivity contribution in [3.8, 4) is 5.75 Å². The van der Waals surface area contributed by atoms with Gasteiger partial charge in [0.2, 0.25) is 0 Å². The molecular formula is C16H20N2O3. The highest BCUT2D eigenvalue weighted by atomic mass is 16.5. The van der Waals surface area contributed by atoms with Crippen LogP contribution in [0.15, 0.2) is 18.2 Å². The van der Waals surface area contributed by atoms with Gasteiger partial charge in [0.25, 0.3) is 0 Å². The highest BCUT2D eigenvalue weighted by Gasteiger charge is 2.26. The van der Waals surface area contributed by atoms with E-state index in [9.17, 15) is 4.79 Å². The number of benzene rings is 1. The smallest absolute Gasteiger partial charge is 0.306 e. The molecule has 0 spiro atoms. The first-order chi connectivity index (χ1) is 10.0. The molecule has 3 rings (SSSR count). The van der Waals surface area contributed by atoms with Crippen LogP contribution < -0.4 is 4.74 Å². The van der Waals surface area contributed by atoms with Crippen LogP contribution in [0.5, 0.6) is 5.75 Å². The van der Waals surface area contributed by atoms with Crippen molar-refractivity contribution in [2.75, 3.05) is 0 Å². The van der Waals surface area contributed by atoms with E-state index >= 15 is 0 Å². The summed E-state index contributed by atoms with van der Waals surface area (Å²) >= 11 is 0. The summed E-state index contributed by atoms with van der Waals surface area (Å²) in [5.74, 6) is 0.910. The second-order valence-corrected chi connectivity index (χ2v) is 5.80. The van der Waals surface area contributed by atoms with Gasteiger partial charge in [-0.1, -0.05) is 0 Å². The molecule has 5 nitrogen and oxygen atoms in total. The van der Waals surface area contributed by atoms with E-state index in [1.165, 1.54) is 0 Å². The topological polar surface area (TPSA) is 64.3 Å². The second kappa shape index (κ2) is 5.39. The van der Waals surface area contributed by atoms with E-state index in [4.69, 9.17) is 9.84 Å². The van der Waals surface area contributed by atoms with Crippen molar-refractivity contribution in [3.63, 3.8) is 0 Å². The van der Waals surface area contributed by atoms with Crippen molar-refractivity contribution in [3.05, 3.63) is 24.0 Å². The van der Waals surface area contributed by atoms with E-state index in [0.717, 1.165) is 35.4 Å². The maximum absolute atomic E-state index is 10.9. The lowest BCUT2D eigenvalue weighted by Crippen LogP contribution is -2.27. The maximum Gasteiger partial charge on any atom is 0.306 e. The molecule has 1 heterocycles. The Morgan fingerprint density at radius 1 is 1.33 bits per heavy atom. The zero-order valence-electron chi connectivity index (χ0n) is 12.4. The lowest BCUT2D eigenvalue weighted by atomic mass is 9.87. The highest BCUT2D eigenvalue weighted by Crippen LogP contribution is 2.29. The minimum Gasteiger partial charge on any atom is -0.490 e. The molecule has 0 radical (unpaired) electrons. The van der Waals surface area contributed by atoms with Crippen LogP contribution in [0.2, 0.25) is 0 Å². The predicted molar refractivity (Wildman–Crippen MR) is 79.5 cm³/mol. The van der Waals surface area contributed by atoms with Crippen LogP contribution in [0, 0.1) is 12.8 Å². The van der Waals surface area contributed by atoms with Crippen LogP contribution in [0.25, 0.3) is 11.0 Å². The molecule has 112 valence electrons. The number of hydrogen-bond donors (Lipinski definition) is 1. The van der Waals surface area contributed by atoms with Gasteiger partial charge >= 0.3 is 5.97 Å². The van der Waals surface area contributed by atoms with Gasteiger partial charge in [-0.15, -0.1) is 0 Å². The van der Waals surface area contributed by atoms with Crippen LogP contribution in [0.4, 0.5) is 0 Å². The van der Waals surface area contributed by atoms with Gasteiger partial charge < -0.3 is 14.4 Å². The summed E-state index contributed by atoms with van der Waals surface area (Å²) in [6.07, 6.45) is 3.12. The quantitative estimate of drug-likeness (QED) is 0.943. The van der Waals surface area contributed by atoms with E-state index in [-0.39, 0.29) is 12.0 Å². The van der Waals surface area contributed by atoms with E-state index in [1.807, 2.05) is 32.2 Å². The third kappa shape index (κ3) is 2.73. The maximum atomic E-state index is 10.9. The third-order valence-electron chi connectivity index (χ3n) is 4.40. The summed E-state index contributed by atoms with van der Waals surface area (Å²) in [5.41, 5.74) is 2.03. The third-order valence-corrected chi connectivity index (χ3v) is 4.40. The summed E-state index contributed by atoms with van der Waals surface area (Å²) in [4.78, 5) is 15.5. The number of aliphatic carboxylic acids is 1. The number of rotatable bonds is 3. The number of nitrogens with zero attached hydrogens (tertiary/aromatic N) is 2. The number of aromatic nitrogens is 2. The molecular weight excluding hydrogens is 268 g/mol. The van der Waals surface area contributed by atoms with Crippen LogP contribution in [-0.4, -0.2) is 26.7 Å². The molecule has 5 heteroatoms. The van der Waals surface area contributed by atoms with Gasteiger partial charge in [-0.25, -0.2) is 4.98 Å². The molecule has 1 N–H and O–H groups in total. The summed E-state index contributed by atoms with van der Waals surface area (Å²) in [6.45, 7) is 1.98. The Morgan fingerprint density at radius 3 is 2.71 bits per heavy atom. The summed E-state index contributed by atoms with van der Waals surface area (Å²) in [7, 11) is 2.00. The molecule has 1 fully saturated rings. The Balaban J connectivity index is 1.70. The minimum absolute atomic E-state index is 0.114. The van der Waals surface area contributed by atoms with Gasteiger partial charge in [0.15, 0.2) is 0 Å². The second-order valence-electron chi connectivity index (χ2n) is 5.80. The van der Waals surface area contributed by atoms with Gasteiger partial charge in [-0.05, 0) is 44.7 Å². The fourth-order valence-electron chi connectivity index (χ4n) is 2.99. The minimum atomic E-state index is -0.682. The summed E-state index contributed by atoms with van der Waals surface area (Å²) < 4.78 is 8.05. The van der Waals surface area contributed by atoms with E-state index < -0.39 is 5.97 Å². The summed E-state index contributed by atoms with van der Waals surface area (Å²) in [5, 5.41) is 9.01. The number of carboxylic acids is 1. The van der Waals surface area contributed by atoms with E-state index in [0.29, 0.717) is 12.8 Å². The zero-order chi connectivity index (χ0) is 15.0. The molecule has 1 aliphatic rings. The standard InChI is InChI=1S/C16H20N2O3/c1-10-17-14-9-13(7-8-15(14)18(10)2)21-12-5-3-11(4-6-12)16(19)20/h7-9,11-12H,3-6H2,1-2H3,(H,19,20)/t11-,12+. The number of imidazole rings is 1. The first kappa shape index (κ1) is 13.9. The van der Waals surface area contributed by atoms with Crippen LogP contribution in [-0.2, 0) is 11.8 Å². The molecule has 0 saturated heterocycles. The molecule has 0 atom stereocenters. The number of carboxylic acid groups (broad SMARTS) is 1. The average Bonchev–Trinajstić information content (AvgIpc) is 2.74. The van der Waals surface area contributed by atoms with Gasteiger partial charge in [-0.2, -0.15) is 0 Å². The van der Waals surface area contributed by atoms with Crippen molar-refractivity contribution in [2.24, 2.45) is 13.0 Å². The Labute approximate surface area is 123 Å². The number of aryl methyl sites for hydroxylation is 2. The van der Waals surface area contributed by atoms with Crippen molar-refractivity contribution in [2.45, 2.75) is 38.7 Å². The molecule has 1 aliphatic carbocycles. The van der Waals surface area contributed by atoms with E-state index in [1.54, 1.807) is 0 Å². The molecule has 1 saturated carbocycles. The van der Waals surface area contributed by atoms with Crippen molar-refractivity contribution < 1.29 is 14.6 Å². The number of ether oxygens (including phenoxy) is 1. The van der Waals surface area contributed by atoms with Crippen molar-refractivity contribution in [1.82, 2.24) is 9.55 Å². The average molecular weight is 288 g/mol. The molecule has 1 aromatic carbocycles. The molecule has 0 unspecified atom stereocenters. The first-order valence-electron chi connectivity index (χ1n) is 7.37. The van der Waals surface area contributed by atoms with Gasteiger partial charge in [-0.3, -0.25) is 4.79 Å². The van der Waals surface area contributed by atoms with E-state index in [2.05, 4.69) is 9.55 Å². The monoisotopic (exact) mass is 288 g/mol. The van der Waals surface area contributed by atoms with Gasteiger partial charge in [0.05, 0.1) is 23.1 Å². The number of carbonyl (C=O) groups is 1. The highest BCUT2D eigenvalue weighted by molar-refractivity contribution is 5.77. The molecule has 0 amide bonds. The normalized spacial score (nSPS) is 22.4. The molecule has 0 aliphatic heterocycles. The fraction of sp³-hybridized carbons (Fsp3) is 0.500. The summed E-state index contributed by atoms with van der Waals surface area (Å²) in [6, 6.07) is 5.95. The Kier molecular flexibility index (Phi) is 3.57. The molecule has 1 aromatic heterocycles. The number of fused-ring (bicyclic) bond motifs is 1. The van der Waals surface area contributed by atoms with Crippen LogP contribution >= 0.6 is 0 Å². The molecule has 21 heavy (non-hydrogen) atoms. The fourth-order valence-corrected chi connectivity index (χ4v) is 2.99. The first-order valence-corrected chi connectivity index (χ1v) is 7.37. The largest absolute Gasteiger partial charge is 0.490 e. The van der Waals surface area contributed by atoms with Gasteiger partial charge in [0, 0.05) is 13.1 Å². The Hall–Kier alpha value is -2.04.